The molecule has 4 heteroatoms. The van der Waals surface area contributed by atoms with Crippen molar-refractivity contribution in [1.29, 1.82) is 0 Å². The van der Waals surface area contributed by atoms with Crippen LogP contribution in [0.3, 0.4) is 0 Å². The Balaban J connectivity index is 2.28. The smallest absolute Gasteiger partial charge is 0.124 e. The number of hydrogen-bond acceptors (Lipinski definition) is 3. The van der Waals surface area contributed by atoms with Crippen molar-refractivity contribution in [2.24, 2.45) is 13.0 Å². The van der Waals surface area contributed by atoms with Gasteiger partial charge in [-0.3, -0.25) is 4.68 Å². The maximum absolute atomic E-state index is 5.85. The first-order valence-electron chi connectivity index (χ1n) is 5.00. The van der Waals surface area contributed by atoms with Gasteiger partial charge in [-0.05, 0) is 19.3 Å². The van der Waals surface area contributed by atoms with Crippen LogP contribution in [0.5, 0.6) is 0 Å². The summed E-state index contributed by atoms with van der Waals surface area (Å²) in [5.74, 6) is 1.37. The summed E-state index contributed by atoms with van der Waals surface area (Å²) in [7, 11) is 1.87. The van der Waals surface area contributed by atoms with Crippen LogP contribution in [0.15, 0.2) is 0 Å². The van der Waals surface area contributed by atoms with Gasteiger partial charge in [0.15, 0.2) is 0 Å². The van der Waals surface area contributed by atoms with Gasteiger partial charge in [-0.25, -0.2) is 0 Å². The Hall–Kier alpha value is -1.03. The molecule has 0 bridgehead atoms. The molecule has 0 aromatic carbocycles. The van der Waals surface area contributed by atoms with Gasteiger partial charge in [0.25, 0.3) is 0 Å². The van der Waals surface area contributed by atoms with E-state index in [0.29, 0.717) is 5.92 Å². The minimum atomic E-state index is 0.147. The molecular formula is C10H17N3O. The largest absolute Gasteiger partial charge is 0.384 e. The summed E-state index contributed by atoms with van der Waals surface area (Å²) < 4.78 is 7.39. The highest BCUT2D eigenvalue weighted by molar-refractivity contribution is 5.43. The third kappa shape index (κ3) is 1.39. The van der Waals surface area contributed by atoms with Gasteiger partial charge in [0, 0.05) is 12.6 Å². The summed E-state index contributed by atoms with van der Waals surface area (Å²) in [6.45, 7) is 5.03. The predicted octanol–water partition coefficient (Wildman–Crippen LogP) is 1.41. The van der Waals surface area contributed by atoms with Crippen LogP contribution in [0.25, 0.3) is 0 Å². The van der Waals surface area contributed by atoms with E-state index in [9.17, 15) is 0 Å². The van der Waals surface area contributed by atoms with Gasteiger partial charge >= 0.3 is 0 Å². The minimum absolute atomic E-state index is 0.147. The van der Waals surface area contributed by atoms with Crippen LogP contribution >= 0.6 is 0 Å². The Bertz CT molecular complexity index is 345. The third-order valence-electron chi connectivity index (χ3n) is 2.88. The van der Waals surface area contributed by atoms with E-state index in [4.69, 9.17) is 10.5 Å². The van der Waals surface area contributed by atoms with Crippen LogP contribution in [0.2, 0.25) is 0 Å². The van der Waals surface area contributed by atoms with Crippen LogP contribution < -0.4 is 5.73 Å². The number of anilines is 1. The van der Waals surface area contributed by atoms with Crippen LogP contribution in [-0.2, 0) is 11.8 Å². The van der Waals surface area contributed by atoms with Crippen LogP contribution in [0.1, 0.15) is 30.7 Å². The van der Waals surface area contributed by atoms with E-state index in [1.165, 1.54) is 0 Å². The van der Waals surface area contributed by atoms with Gasteiger partial charge in [0.1, 0.15) is 11.9 Å². The molecule has 1 aliphatic rings. The molecule has 2 rings (SSSR count). The number of aromatic nitrogens is 2. The van der Waals surface area contributed by atoms with E-state index in [0.717, 1.165) is 30.1 Å². The van der Waals surface area contributed by atoms with Crippen molar-refractivity contribution in [2.45, 2.75) is 26.4 Å². The second-order valence-corrected chi connectivity index (χ2v) is 4.18. The molecule has 0 amide bonds. The molecule has 2 unspecified atom stereocenters. The Kier molecular flexibility index (Phi) is 2.23. The lowest BCUT2D eigenvalue weighted by molar-refractivity contribution is 0.104. The van der Waals surface area contributed by atoms with Crippen molar-refractivity contribution in [3.05, 3.63) is 11.3 Å². The fraction of sp³-hybridized carbons (Fsp3) is 0.700. The average Bonchev–Trinajstić information content (AvgIpc) is 2.66. The van der Waals surface area contributed by atoms with E-state index >= 15 is 0 Å². The third-order valence-corrected chi connectivity index (χ3v) is 2.88. The molecule has 2 N–H and O–H groups in total. The summed E-state index contributed by atoms with van der Waals surface area (Å²) in [5.41, 5.74) is 7.92. The zero-order valence-electron chi connectivity index (χ0n) is 8.95. The van der Waals surface area contributed by atoms with E-state index in [2.05, 4.69) is 12.0 Å². The average molecular weight is 195 g/mol. The first-order chi connectivity index (χ1) is 6.59. The number of nitrogen functional groups attached to an aromatic ring is 1. The summed E-state index contributed by atoms with van der Waals surface area (Å²) in [6.07, 6.45) is 1.20. The van der Waals surface area contributed by atoms with Gasteiger partial charge < -0.3 is 10.5 Å². The van der Waals surface area contributed by atoms with Crippen molar-refractivity contribution >= 4 is 5.82 Å². The lowest BCUT2D eigenvalue weighted by Gasteiger charge is -2.06. The fourth-order valence-corrected chi connectivity index (χ4v) is 1.94. The Labute approximate surface area is 84.0 Å². The molecule has 1 fully saturated rings. The number of nitrogens with two attached hydrogens (primary N) is 1. The lowest BCUT2D eigenvalue weighted by atomic mass is 10.0. The first-order valence-corrected chi connectivity index (χ1v) is 5.00. The predicted molar refractivity (Wildman–Crippen MR) is 54.8 cm³/mol. The number of hydrogen-bond donors (Lipinski definition) is 1. The van der Waals surface area contributed by atoms with Gasteiger partial charge in [-0.1, -0.05) is 6.92 Å². The molecule has 2 atom stereocenters. The van der Waals surface area contributed by atoms with Crippen LogP contribution in [0, 0.1) is 12.8 Å². The number of rotatable bonds is 1. The molecule has 0 spiro atoms. The molecule has 1 saturated heterocycles. The first kappa shape index (κ1) is 9.52. The quantitative estimate of drug-likeness (QED) is 0.737. The lowest BCUT2D eigenvalue weighted by Crippen LogP contribution is -2.00. The van der Waals surface area contributed by atoms with Crippen LogP contribution in [-0.4, -0.2) is 16.4 Å². The Morgan fingerprint density at radius 2 is 2.29 bits per heavy atom. The van der Waals surface area contributed by atoms with Gasteiger partial charge in [-0.15, -0.1) is 0 Å². The Morgan fingerprint density at radius 1 is 1.57 bits per heavy atom. The van der Waals surface area contributed by atoms with Crippen molar-refractivity contribution in [1.82, 2.24) is 9.78 Å². The molecule has 0 radical (unpaired) electrons. The maximum atomic E-state index is 5.85. The molecule has 1 aromatic rings. The van der Waals surface area contributed by atoms with E-state index in [1.807, 2.05) is 14.0 Å². The highest BCUT2D eigenvalue weighted by atomic mass is 16.5. The van der Waals surface area contributed by atoms with Crippen molar-refractivity contribution < 1.29 is 4.74 Å². The molecule has 1 aliphatic heterocycles. The van der Waals surface area contributed by atoms with Gasteiger partial charge in [0.05, 0.1) is 12.3 Å². The molecular weight excluding hydrogens is 178 g/mol. The summed E-state index contributed by atoms with van der Waals surface area (Å²) in [6, 6.07) is 0. The highest BCUT2D eigenvalue weighted by Gasteiger charge is 2.28. The maximum Gasteiger partial charge on any atom is 0.124 e. The molecule has 0 aliphatic carbocycles. The summed E-state index contributed by atoms with van der Waals surface area (Å²) in [4.78, 5) is 0. The van der Waals surface area contributed by atoms with Crippen molar-refractivity contribution in [2.75, 3.05) is 12.3 Å². The second-order valence-electron chi connectivity index (χ2n) is 4.18. The van der Waals surface area contributed by atoms with Gasteiger partial charge in [0.2, 0.25) is 0 Å². The number of ether oxygens (including phenoxy) is 1. The van der Waals surface area contributed by atoms with Gasteiger partial charge in [-0.2, -0.15) is 5.10 Å². The van der Waals surface area contributed by atoms with Crippen LogP contribution in [0.4, 0.5) is 5.82 Å². The standard InChI is InChI=1S/C10H17N3O/c1-6-4-8(14-5-6)9-7(2)10(11)13(3)12-9/h6,8H,4-5,11H2,1-3H3. The molecule has 0 saturated carbocycles. The summed E-state index contributed by atoms with van der Waals surface area (Å²) in [5, 5.41) is 4.39. The fourth-order valence-electron chi connectivity index (χ4n) is 1.94. The number of aryl methyl sites for hydroxylation is 1. The molecule has 14 heavy (non-hydrogen) atoms. The minimum Gasteiger partial charge on any atom is -0.384 e. The van der Waals surface area contributed by atoms with E-state index in [1.54, 1.807) is 4.68 Å². The zero-order chi connectivity index (χ0) is 10.3. The monoisotopic (exact) mass is 195 g/mol. The molecule has 78 valence electrons. The summed E-state index contributed by atoms with van der Waals surface area (Å²) >= 11 is 0. The molecule has 1 aromatic heterocycles. The number of nitrogens with zero attached hydrogens (tertiary/aromatic N) is 2. The van der Waals surface area contributed by atoms with E-state index in [-0.39, 0.29) is 6.10 Å². The molecule has 2 heterocycles. The van der Waals surface area contributed by atoms with Crippen molar-refractivity contribution in [3.63, 3.8) is 0 Å². The zero-order valence-corrected chi connectivity index (χ0v) is 8.95. The highest BCUT2D eigenvalue weighted by Crippen LogP contribution is 2.34. The van der Waals surface area contributed by atoms with Crippen molar-refractivity contribution in [3.8, 4) is 0 Å². The SMILES string of the molecule is Cc1c(C2CC(C)CO2)nn(C)c1N. The molecule has 4 nitrogen and oxygen atoms in total. The Morgan fingerprint density at radius 3 is 2.71 bits per heavy atom. The topological polar surface area (TPSA) is 53.1 Å². The normalized spacial score (nSPS) is 27.1. The van der Waals surface area contributed by atoms with E-state index < -0.39 is 0 Å². The second kappa shape index (κ2) is 3.28.